The van der Waals surface area contributed by atoms with Crippen molar-refractivity contribution in [1.82, 2.24) is 0 Å². The number of benzene rings is 1. The summed E-state index contributed by atoms with van der Waals surface area (Å²) in [7, 11) is 2.06. The highest BCUT2D eigenvalue weighted by Gasteiger charge is 2.74. The number of ether oxygens (including phenoxy) is 4. The lowest BCUT2D eigenvalue weighted by Gasteiger charge is -2.65. The third kappa shape index (κ3) is 5.18. The highest BCUT2D eigenvalue weighted by molar-refractivity contribution is 5.85. The Balaban J connectivity index is 0.847. The lowest BCUT2D eigenvalue weighted by molar-refractivity contribution is -0.949. The normalized spacial score (nSPS) is 47.5. The number of cyclic esters (lactones) is 1. The summed E-state index contributed by atoms with van der Waals surface area (Å²) in [6.07, 6.45) is 7.40. The lowest BCUT2D eigenvalue weighted by Crippen LogP contribution is -2.69. The number of aldehydes is 1. The smallest absolute Gasteiger partial charge is 0.362 e. The first-order valence-electron chi connectivity index (χ1n) is 20.1. The summed E-state index contributed by atoms with van der Waals surface area (Å²) < 4.78 is 23.8. The summed E-state index contributed by atoms with van der Waals surface area (Å²) in [6, 6.07) is 9.03. The molecule has 54 heavy (non-hydrogen) atoms. The molecule has 4 heterocycles. The molecular weight excluding hydrogens is 694 g/mol. The fourth-order valence-electron chi connectivity index (χ4n) is 13.6. The van der Waals surface area contributed by atoms with Gasteiger partial charge in [-0.25, -0.2) is 9.59 Å². The number of epoxide rings is 1. The van der Waals surface area contributed by atoms with Crippen molar-refractivity contribution in [3.8, 4) is 0 Å². The topological polar surface area (TPSA) is 169 Å². The van der Waals surface area contributed by atoms with Gasteiger partial charge in [-0.3, -0.25) is 4.79 Å². The standard InChI is InChI=1S/C42H54NO11/c1-39-12-9-30-31(42(39,50)15-11-29(39)25-16-34(46)51-22-25)10-14-41(49)19-26(8-13-40(30,41)23-45)52-35(47)20-43(2)32-17-27(18-33(43)37-36(32)54-37)53-38(48)28(21-44)24-6-4-3-5-7-24/h3-7,16,23,26-33,36-37,44,49-50H,8-15,17-22H2,1-2H3/q+1/t26-,27?,28+,29+,30-,31+,32+,33+,36-,37+,39-,40+,41-,42+,43?/m1/s1. The molecule has 15 atom stereocenters. The van der Waals surface area contributed by atoms with Crippen LogP contribution >= 0.6 is 0 Å². The Bertz CT molecular complexity index is 1730. The molecule has 9 rings (SSSR count). The molecule has 12 nitrogen and oxygen atoms in total. The number of esters is 3. The van der Waals surface area contributed by atoms with Gasteiger partial charge in [0.15, 0.2) is 6.54 Å². The van der Waals surface area contributed by atoms with Crippen LogP contribution in [0.2, 0.25) is 0 Å². The number of hydrogen-bond acceptors (Lipinski definition) is 11. The van der Waals surface area contributed by atoms with Gasteiger partial charge in [-0.2, -0.15) is 0 Å². The third-order valence-corrected chi connectivity index (χ3v) is 16.4. The van der Waals surface area contributed by atoms with Crippen LogP contribution < -0.4 is 0 Å². The Morgan fingerprint density at radius 2 is 1.69 bits per heavy atom. The molecule has 2 bridgehead atoms. The Hall–Kier alpha value is -3.16. The Morgan fingerprint density at radius 1 is 0.963 bits per heavy atom. The molecule has 1 aromatic rings. The van der Waals surface area contributed by atoms with Gasteiger partial charge in [0, 0.05) is 30.8 Å². The van der Waals surface area contributed by atoms with Gasteiger partial charge in [-0.15, -0.1) is 0 Å². The Morgan fingerprint density at radius 3 is 2.35 bits per heavy atom. The summed E-state index contributed by atoms with van der Waals surface area (Å²) in [5.41, 5.74) is -2.21. The second-order valence-corrected chi connectivity index (χ2v) is 18.5. The van der Waals surface area contributed by atoms with E-state index in [1.807, 2.05) is 18.2 Å². The van der Waals surface area contributed by atoms with Crippen LogP contribution in [0.25, 0.3) is 0 Å². The van der Waals surface area contributed by atoms with Gasteiger partial charge in [-0.1, -0.05) is 37.3 Å². The lowest BCUT2D eigenvalue weighted by atomic mass is 9.41. The third-order valence-electron chi connectivity index (χ3n) is 16.4. The minimum atomic E-state index is -1.35. The van der Waals surface area contributed by atoms with E-state index < -0.39 is 40.0 Å². The van der Waals surface area contributed by atoms with Gasteiger partial charge in [0.1, 0.15) is 55.3 Å². The van der Waals surface area contributed by atoms with Crippen LogP contribution in [0.3, 0.4) is 0 Å². The van der Waals surface area contributed by atoms with Gasteiger partial charge >= 0.3 is 17.9 Å². The number of fused-ring (bicyclic) bond motifs is 10. The molecule has 0 aromatic heterocycles. The zero-order valence-electron chi connectivity index (χ0n) is 31.3. The molecular formula is C42H54NO11+. The second kappa shape index (κ2) is 12.7. The number of quaternary nitrogens is 1. The van der Waals surface area contributed by atoms with E-state index in [0.717, 1.165) is 18.3 Å². The first-order chi connectivity index (χ1) is 25.8. The molecule has 292 valence electrons. The van der Waals surface area contributed by atoms with Gasteiger partial charge in [0.05, 0.1) is 30.3 Å². The van der Waals surface area contributed by atoms with Gasteiger partial charge in [0.2, 0.25) is 0 Å². The number of nitrogens with zero attached hydrogens (tertiary/aromatic N) is 1. The van der Waals surface area contributed by atoms with Crippen molar-refractivity contribution in [3.63, 3.8) is 0 Å². The Labute approximate surface area is 315 Å². The maximum Gasteiger partial charge on any atom is 0.362 e. The van der Waals surface area contributed by atoms with E-state index in [1.54, 1.807) is 18.2 Å². The summed E-state index contributed by atoms with van der Waals surface area (Å²) >= 11 is 0. The number of aliphatic hydroxyl groups excluding tert-OH is 1. The van der Waals surface area contributed by atoms with E-state index in [4.69, 9.17) is 18.9 Å². The van der Waals surface area contributed by atoms with Crippen LogP contribution in [0.1, 0.15) is 89.0 Å². The molecule has 4 aliphatic heterocycles. The van der Waals surface area contributed by atoms with E-state index >= 15 is 0 Å². The second-order valence-electron chi connectivity index (χ2n) is 18.5. The van der Waals surface area contributed by atoms with Crippen molar-refractivity contribution >= 4 is 24.2 Å². The number of aliphatic hydroxyl groups is 3. The number of carbonyl (C=O) groups is 4. The Kier molecular flexibility index (Phi) is 8.56. The number of hydrogen-bond donors (Lipinski definition) is 3. The fraction of sp³-hybridized carbons (Fsp3) is 0.714. The van der Waals surface area contributed by atoms with Gasteiger partial charge in [-0.05, 0) is 80.3 Å². The van der Waals surface area contributed by atoms with Crippen LogP contribution in [-0.2, 0) is 38.1 Å². The minimum Gasteiger partial charge on any atom is -0.461 e. The average molecular weight is 749 g/mol. The van der Waals surface area contributed by atoms with E-state index in [0.29, 0.717) is 67.8 Å². The zero-order valence-corrected chi connectivity index (χ0v) is 31.3. The molecule has 0 radical (unpaired) electrons. The predicted octanol–water partition coefficient (Wildman–Crippen LogP) is 2.90. The van der Waals surface area contributed by atoms with E-state index in [9.17, 15) is 34.5 Å². The SMILES string of the molecule is C[C@]12CC[C@@H]3[C@H](CC[C@@]4(O)C[C@H](OC(=O)C[N+]5(C)[C@H]6CC(OC(=O)[C@@H](CO)c7ccccc7)C[C@H]5[C@H]5O[C@H]56)CC[C@]34C=O)[C@@]1(O)CC[C@H]2C1=CC(=O)OC1. The van der Waals surface area contributed by atoms with E-state index in [1.165, 1.54) is 0 Å². The zero-order chi connectivity index (χ0) is 37.8. The molecule has 12 heteroatoms. The predicted molar refractivity (Wildman–Crippen MR) is 190 cm³/mol. The van der Waals surface area contributed by atoms with Crippen molar-refractivity contribution in [3.05, 3.63) is 47.5 Å². The van der Waals surface area contributed by atoms with Crippen molar-refractivity contribution in [2.75, 3.05) is 26.8 Å². The van der Waals surface area contributed by atoms with Crippen molar-refractivity contribution in [2.45, 2.75) is 131 Å². The van der Waals surface area contributed by atoms with Crippen molar-refractivity contribution < 1.29 is 57.9 Å². The summed E-state index contributed by atoms with van der Waals surface area (Å²) in [6.45, 7) is 2.19. The number of carbonyl (C=O) groups excluding carboxylic acids is 4. The molecule has 0 spiro atoms. The summed E-state index contributed by atoms with van der Waals surface area (Å²) in [5, 5.41) is 34.9. The number of piperidine rings is 1. The van der Waals surface area contributed by atoms with Crippen molar-refractivity contribution in [1.29, 1.82) is 0 Å². The molecule has 2 unspecified atom stereocenters. The number of morpholine rings is 1. The molecule has 4 saturated carbocycles. The largest absolute Gasteiger partial charge is 0.461 e. The first-order valence-corrected chi connectivity index (χ1v) is 20.1. The highest BCUT2D eigenvalue weighted by atomic mass is 16.6. The van der Waals surface area contributed by atoms with Gasteiger partial charge < -0.3 is 43.5 Å². The average Bonchev–Trinajstić information content (AvgIpc) is 3.69. The van der Waals surface area contributed by atoms with Crippen LogP contribution in [0, 0.1) is 28.6 Å². The summed E-state index contributed by atoms with van der Waals surface area (Å²) in [5.74, 6) is -2.20. The van der Waals surface area contributed by atoms with Crippen LogP contribution in [0.5, 0.6) is 0 Å². The summed E-state index contributed by atoms with van der Waals surface area (Å²) in [4.78, 5) is 52.1. The molecule has 7 fully saturated rings. The molecule has 4 aliphatic carbocycles. The van der Waals surface area contributed by atoms with Crippen LogP contribution in [0.15, 0.2) is 42.0 Å². The number of likely N-dealkylation sites (N-methyl/N-ethyl adjacent to an activating group) is 1. The monoisotopic (exact) mass is 748 g/mol. The highest BCUT2D eigenvalue weighted by Crippen LogP contribution is 2.70. The molecule has 3 N–H and O–H groups in total. The maximum atomic E-state index is 13.8. The minimum absolute atomic E-state index is 0.00826. The maximum absolute atomic E-state index is 13.8. The number of rotatable bonds is 9. The molecule has 1 aromatic carbocycles. The van der Waals surface area contributed by atoms with Crippen molar-refractivity contribution in [2.24, 2.45) is 28.6 Å². The van der Waals surface area contributed by atoms with E-state index in [2.05, 4.69) is 14.0 Å². The molecule has 3 saturated heterocycles. The first kappa shape index (κ1) is 36.5. The fourth-order valence-corrected chi connectivity index (χ4v) is 13.6. The van der Waals surface area contributed by atoms with Gasteiger partial charge in [0.25, 0.3) is 0 Å². The van der Waals surface area contributed by atoms with Crippen LogP contribution in [0.4, 0.5) is 0 Å². The van der Waals surface area contributed by atoms with E-state index in [-0.39, 0.29) is 86.3 Å². The quantitative estimate of drug-likeness (QED) is 0.112. The molecule has 0 amide bonds. The van der Waals surface area contributed by atoms with Crippen LogP contribution in [-0.4, -0.2) is 119 Å². The molecule has 8 aliphatic rings.